The van der Waals surface area contributed by atoms with Crippen LogP contribution < -0.4 is 4.74 Å². The molecule has 1 N–H and O–H groups in total. The zero-order chi connectivity index (χ0) is 14.5. The van der Waals surface area contributed by atoms with E-state index in [1.165, 1.54) is 11.8 Å². The summed E-state index contributed by atoms with van der Waals surface area (Å²) >= 11 is 1.46. The first kappa shape index (κ1) is 14.4. The number of aliphatic hydroxyl groups is 1. The summed E-state index contributed by atoms with van der Waals surface area (Å²) in [6, 6.07) is 7.34. The van der Waals surface area contributed by atoms with Crippen LogP contribution in [0.15, 0.2) is 35.6 Å². The molecule has 0 saturated carbocycles. The maximum Gasteiger partial charge on any atom is 0.187 e. The van der Waals surface area contributed by atoms with Crippen LogP contribution in [0.2, 0.25) is 0 Å². The Hall–Kier alpha value is -2.01. The Bertz CT molecular complexity index is 642. The van der Waals surface area contributed by atoms with E-state index < -0.39 is 0 Å². The van der Waals surface area contributed by atoms with Crippen molar-refractivity contribution in [2.75, 3.05) is 13.4 Å². The molecule has 20 heavy (non-hydrogen) atoms. The van der Waals surface area contributed by atoms with Gasteiger partial charge in [0.15, 0.2) is 5.16 Å². The fourth-order valence-corrected chi connectivity index (χ4v) is 2.13. The van der Waals surface area contributed by atoms with Gasteiger partial charge in [0.25, 0.3) is 0 Å². The highest BCUT2D eigenvalue weighted by atomic mass is 32.2. The van der Waals surface area contributed by atoms with Crippen LogP contribution >= 0.6 is 11.8 Å². The minimum absolute atomic E-state index is 0.151. The standard InChI is InChI=1S/C15H16N2O2S/c1-10-6-11(8-13(7-10)19-2)14(18)9-12-4-5-16-15(17-12)20-3/h4-9,18H,1-3H3/b14-9+. The van der Waals surface area contributed by atoms with E-state index in [1.54, 1.807) is 31.5 Å². The van der Waals surface area contributed by atoms with E-state index in [2.05, 4.69) is 9.97 Å². The fraction of sp³-hybridized carbons (Fsp3) is 0.200. The molecule has 0 unspecified atom stereocenters. The lowest BCUT2D eigenvalue weighted by molar-refractivity contribution is 0.413. The highest BCUT2D eigenvalue weighted by Gasteiger charge is 2.04. The molecule has 0 bridgehead atoms. The molecule has 4 nitrogen and oxygen atoms in total. The Balaban J connectivity index is 2.36. The summed E-state index contributed by atoms with van der Waals surface area (Å²) in [5.74, 6) is 0.866. The largest absolute Gasteiger partial charge is 0.507 e. The first-order chi connectivity index (χ1) is 9.62. The molecule has 2 aromatic rings. The number of nitrogens with zero attached hydrogens (tertiary/aromatic N) is 2. The van der Waals surface area contributed by atoms with Gasteiger partial charge < -0.3 is 9.84 Å². The van der Waals surface area contributed by atoms with Crippen molar-refractivity contribution >= 4 is 23.6 Å². The summed E-state index contributed by atoms with van der Waals surface area (Å²) < 4.78 is 5.21. The molecule has 2 rings (SSSR count). The zero-order valence-corrected chi connectivity index (χ0v) is 12.4. The molecule has 104 valence electrons. The highest BCUT2D eigenvalue weighted by Crippen LogP contribution is 2.22. The van der Waals surface area contributed by atoms with Crippen LogP contribution in [0.5, 0.6) is 5.75 Å². The summed E-state index contributed by atoms with van der Waals surface area (Å²) in [5.41, 5.74) is 2.39. The predicted molar refractivity (Wildman–Crippen MR) is 82.0 cm³/mol. The molecular formula is C15H16N2O2S. The molecule has 0 atom stereocenters. The molecule has 0 spiro atoms. The molecule has 0 fully saturated rings. The van der Waals surface area contributed by atoms with Crippen LogP contribution in [-0.4, -0.2) is 28.4 Å². The second-order valence-electron chi connectivity index (χ2n) is 4.24. The summed E-state index contributed by atoms with van der Waals surface area (Å²) in [4.78, 5) is 8.41. The molecule has 0 aliphatic heterocycles. The SMILES string of the molecule is COc1cc(C)cc(/C(O)=C\c2ccnc(SC)n2)c1. The molecule has 0 aliphatic carbocycles. The summed E-state index contributed by atoms with van der Waals surface area (Å²) in [6.07, 6.45) is 5.21. The van der Waals surface area contributed by atoms with Crippen LogP contribution in [0.25, 0.3) is 11.8 Å². The molecule has 0 radical (unpaired) electrons. The van der Waals surface area contributed by atoms with Crippen molar-refractivity contribution in [3.8, 4) is 5.75 Å². The topological polar surface area (TPSA) is 55.2 Å². The molecule has 0 amide bonds. The van der Waals surface area contributed by atoms with Crippen molar-refractivity contribution in [2.45, 2.75) is 12.1 Å². The number of hydrogen-bond donors (Lipinski definition) is 1. The lowest BCUT2D eigenvalue weighted by atomic mass is 10.1. The Morgan fingerprint density at radius 3 is 2.85 bits per heavy atom. The average molecular weight is 288 g/mol. The van der Waals surface area contributed by atoms with Gasteiger partial charge in [-0.1, -0.05) is 11.8 Å². The average Bonchev–Trinajstić information content (AvgIpc) is 2.46. The van der Waals surface area contributed by atoms with Crippen LogP contribution in [0.1, 0.15) is 16.8 Å². The van der Waals surface area contributed by atoms with Gasteiger partial charge >= 0.3 is 0 Å². The van der Waals surface area contributed by atoms with Gasteiger partial charge in [-0.2, -0.15) is 0 Å². The third kappa shape index (κ3) is 3.51. The first-order valence-electron chi connectivity index (χ1n) is 6.06. The summed E-state index contributed by atoms with van der Waals surface area (Å²) in [5, 5.41) is 10.9. The van der Waals surface area contributed by atoms with E-state index in [9.17, 15) is 5.11 Å². The van der Waals surface area contributed by atoms with Gasteiger partial charge in [0.05, 0.1) is 12.8 Å². The van der Waals surface area contributed by atoms with Crippen LogP contribution in [-0.2, 0) is 0 Å². The second-order valence-corrected chi connectivity index (χ2v) is 5.01. The number of rotatable bonds is 4. The number of benzene rings is 1. The van der Waals surface area contributed by atoms with E-state index >= 15 is 0 Å². The molecule has 1 heterocycles. The monoisotopic (exact) mass is 288 g/mol. The normalized spacial score (nSPS) is 11.4. The lowest BCUT2D eigenvalue weighted by Crippen LogP contribution is -1.91. The van der Waals surface area contributed by atoms with Gasteiger partial charge in [-0.25, -0.2) is 9.97 Å². The van der Waals surface area contributed by atoms with Crippen LogP contribution in [0.4, 0.5) is 0 Å². The minimum Gasteiger partial charge on any atom is -0.507 e. The number of aliphatic hydroxyl groups excluding tert-OH is 1. The van der Waals surface area contributed by atoms with E-state index in [0.717, 1.165) is 5.56 Å². The summed E-state index contributed by atoms with van der Waals surface area (Å²) in [6.45, 7) is 1.95. The number of aryl methyl sites for hydroxylation is 1. The quantitative estimate of drug-likeness (QED) is 0.529. The zero-order valence-electron chi connectivity index (χ0n) is 11.6. The third-order valence-corrected chi connectivity index (χ3v) is 3.27. The van der Waals surface area contributed by atoms with Gasteiger partial charge in [0.2, 0.25) is 0 Å². The lowest BCUT2D eigenvalue weighted by Gasteiger charge is -2.06. The van der Waals surface area contributed by atoms with Crippen molar-refractivity contribution in [1.82, 2.24) is 9.97 Å². The van der Waals surface area contributed by atoms with E-state index in [1.807, 2.05) is 25.3 Å². The summed E-state index contributed by atoms with van der Waals surface area (Å²) in [7, 11) is 1.61. The van der Waals surface area contributed by atoms with Gasteiger partial charge in [-0.15, -0.1) is 0 Å². The Kier molecular flexibility index (Phi) is 4.63. The van der Waals surface area contributed by atoms with Crippen LogP contribution in [0, 0.1) is 6.92 Å². The molecule has 0 saturated heterocycles. The first-order valence-corrected chi connectivity index (χ1v) is 7.28. The van der Waals surface area contributed by atoms with Crippen molar-refractivity contribution in [3.05, 3.63) is 47.3 Å². The van der Waals surface area contributed by atoms with E-state index in [-0.39, 0.29) is 5.76 Å². The Morgan fingerprint density at radius 2 is 2.15 bits per heavy atom. The van der Waals surface area contributed by atoms with Crippen molar-refractivity contribution in [1.29, 1.82) is 0 Å². The molecular weight excluding hydrogens is 272 g/mol. The van der Waals surface area contributed by atoms with Gasteiger partial charge in [0.1, 0.15) is 11.5 Å². The number of thioether (sulfide) groups is 1. The second kappa shape index (κ2) is 6.43. The Morgan fingerprint density at radius 1 is 1.35 bits per heavy atom. The van der Waals surface area contributed by atoms with Gasteiger partial charge in [0, 0.05) is 17.8 Å². The van der Waals surface area contributed by atoms with Gasteiger partial charge in [-0.3, -0.25) is 0 Å². The van der Waals surface area contributed by atoms with Gasteiger partial charge in [-0.05, 0) is 43.0 Å². The van der Waals surface area contributed by atoms with E-state index in [4.69, 9.17) is 4.74 Å². The van der Waals surface area contributed by atoms with Crippen molar-refractivity contribution < 1.29 is 9.84 Å². The maximum atomic E-state index is 10.2. The van der Waals surface area contributed by atoms with Crippen LogP contribution in [0.3, 0.4) is 0 Å². The van der Waals surface area contributed by atoms with Crippen molar-refractivity contribution in [3.63, 3.8) is 0 Å². The third-order valence-electron chi connectivity index (χ3n) is 2.70. The molecule has 0 aliphatic rings. The number of methoxy groups -OCH3 is 1. The fourth-order valence-electron chi connectivity index (χ4n) is 1.77. The number of ether oxygens (including phenoxy) is 1. The maximum absolute atomic E-state index is 10.2. The molecule has 5 heteroatoms. The minimum atomic E-state index is 0.151. The Labute approximate surface area is 122 Å². The smallest absolute Gasteiger partial charge is 0.187 e. The van der Waals surface area contributed by atoms with Crippen molar-refractivity contribution in [2.24, 2.45) is 0 Å². The predicted octanol–water partition coefficient (Wildman–Crippen LogP) is 3.57. The molecule has 1 aromatic carbocycles. The molecule has 1 aromatic heterocycles. The highest BCUT2D eigenvalue weighted by molar-refractivity contribution is 7.98. The number of aromatic nitrogens is 2. The number of hydrogen-bond acceptors (Lipinski definition) is 5. The van der Waals surface area contributed by atoms with E-state index in [0.29, 0.717) is 22.2 Å².